The minimum atomic E-state index is 0.495. The SMILES string of the molecule is NN1CNC(=S)S1.S=C1Cc2ccccc2N1.S=C1Cc2ccccc2S1.S=c1[nH]c2cnccc2s1.S=c1nc[nH][nH]1. The standard InChI is InChI=1S/C8H7NS.C8H6S2.C6H4N2S2.C2H5N3S2.C2H3N3S/c10-8-5-6-3-1-2-4-7(6)9-8;9-8-5-6-3-1-2-4-7(6)10-8;9-6-8-4-3-7-2-1-5(4)10-6;3-5-1-4-2(6)7-5;6-2-3-1-4-5-2/h1-4H,5H2,(H,9,10);1-4H,5H2;1-3H,(H,8,9);1,3H2,(H,4,6);1H,(H2,3,4,5,6). The van der Waals surface area contributed by atoms with Gasteiger partial charge in [0.2, 0.25) is 4.77 Å². The van der Waals surface area contributed by atoms with Crippen LogP contribution in [0.5, 0.6) is 0 Å². The highest BCUT2D eigenvalue weighted by Crippen LogP contribution is 2.32. The fraction of sp³-hybridized carbons (Fsp3) is 0.115. The maximum absolute atomic E-state index is 5.27. The van der Waals surface area contributed by atoms with Crippen molar-refractivity contribution < 1.29 is 0 Å². The first-order chi connectivity index (χ1) is 20.8. The molecule has 1 fully saturated rings. The zero-order chi connectivity index (χ0) is 30.6. The van der Waals surface area contributed by atoms with Gasteiger partial charge in [0.05, 0.1) is 32.3 Å². The van der Waals surface area contributed by atoms with Crippen molar-refractivity contribution in [2.75, 3.05) is 12.0 Å². The van der Waals surface area contributed by atoms with Crippen molar-refractivity contribution in [1.29, 1.82) is 0 Å². The maximum atomic E-state index is 5.27. The van der Waals surface area contributed by atoms with Gasteiger partial charge in [-0.2, -0.15) is 4.41 Å². The summed E-state index contributed by atoms with van der Waals surface area (Å²) in [6.45, 7) is 0.656. The number of thiazole rings is 1. The number of aromatic amines is 3. The van der Waals surface area contributed by atoms with E-state index >= 15 is 0 Å². The number of fused-ring (bicyclic) bond motifs is 3. The number of thioether (sulfide) groups is 1. The number of hydrazine groups is 1. The summed E-state index contributed by atoms with van der Waals surface area (Å²) >= 11 is 29.0. The molecular formula is C26H25N9S8. The predicted molar refractivity (Wildman–Crippen MR) is 198 cm³/mol. The van der Waals surface area contributed by atoms with Crippen LogP contribution >= 0.6 is 96.1 Å². The lowest BCUT2D eigenvalue weighted by Gasteiger charge is -1.96. The Morgan fingerprint density at radius 2 is 1.67 bits per heavy atom. The van der Waals surface area contributed by atoms with Crippen LogP contribution in [0, 0.1) is 8.73 Å². The number of H-pyrrole nitrogens is 3. The molecule has 9 nitrogen and oxygen atoms in total. The van der Waals surface area contributed by atoms with Gasteiger partial charge in [0, 0.05) is 41.6 Å². The van der Waals surface area contributed by atoms with Crippen molar-refractivity contribution >= 4 is 126 Å². The molecule has 3 aliphatic heterocycles. The summed E-state index contributed by atoms with van der Waals surface area (Å²) in [5.41, 5.74) is 4.90. The van der Waals surface area contributed by atoms with Crippen molar-refractivity contribution in [1.82, 2.24) is 34.9 Å². The average molecular weight is 720 g/mol. The maximum Gasteiger partial charge on any atom is 0.213 e. The van der Waals surface area contributed by atoms with E-state index in [9.17, 15) is 0 Å². The number of nitrogens with one attached hydrogen (secondary N) is 5. The number of anilines is 1. The number of hydrogen-bond acceptors (Lipinski definition) is 12. The highest BCUT2D eigenvalue weighted by molar-refractivity contribution is 8.23. The van der Waals surface area contributed by atoms with Crippen LogP contribution in [0.1, 0.15) is 11.1 Å². The number of pyridine rings is 1. The molecule has 5 aromatic rings. The number of para-hydroxylation sites is 1. The van der Waals surface area contributed by atoms with Crippen LogP contribution in [-0.2, 0) is 12.8 Å². The van der Waals surface area contributed by atoms with Gasteiger partial charge in [-0.05, 0) is 53.8 Å². The molecular weight excluding hydrogens is 695 g/mol. The summed E-state index contributed by atoms with van der Waals surface area (Å²) in [4.78, 5) is 12.9. The number of hydrogen-bond donors (Lipinski definition) is 6. The first-order valence-corrected chi connectivity index (χ1v) is 16.9. The van der Waals surface area contributed by atoms with Gasteiger partial charge in [-0.1, -0.05) is 84.8 Å². The van der Waals surface area contributed by atoms with Crippen LogP contribution < -0.4 is 16.5 Å². The number of rotatable bonds is 0. The number of nitrogens with zero attached hydrogens (tertiary/aromatic N) is 3. The third-order valence-corrected chi connectivity index (χ3v) is 9.49. The van der Waals surface area contributed by atoms with Crippen LogP contribution in [0.4, 0.5) is 5.69 Å². The molecule has 43 heavy (non-hydrogen) atoms. The minimum Gasteiger partial charge on any atom is -0.355 e. The topological polar surface area (TPSA) is 126 Å². The molecule has 7 N–H and O–H groups in total. The summed E-state index contributed by atoms with van der Waals surface area (Å²) in [6, 6.07) is 18.5. The molecule has 0 saturated carbocycles. The normalized spacial score (nSPS) is 14.3. The largest absolute Gasteiger partial charge is 0.355 e. The second-order valence-corrected chi connectivity index (χ2v) is 14.7. The zero-order valence-electron chi connectivity index (χ0n) is 22.2. The lowest BCUT2D eigenvalue weighted by atomic mass is 10.2. The molecule has 17 heteroatoms. The number of thiocarbonyl (C=S) groups is 3. The summed E-state index contributed by atoms with van der Waals surface area (Å²) in [5.74, 6) is 5.27. The van der Waals surface area contributed by atoms with Crippen LogP contribution in [0.3, 0.4) is 0 Å². The molecule has 0 bridgehead atoms. The molecule has 0 unspecified atom stereocenters. The van der Waals surface area contributed by atoms with Crippen molar-refractivity contribution in [2.24, 2.45) is 5.84 Å². The molecule has 0 amide bonds. The number of benzene rings is 2. The van der Waals surface area contributed by atoms with E-state index in [1.165, 1.54) is 44.7 Å². The first-order valence-electron chi connectivity index (χ1n) is 12.4. The van der Waals surface area contributed by atoms with E-state index in [4.69, 9.17) is 54.7 Å². The molecule has 0 atom stereocenters. The predicted octanol–water partition coefficient (Wildman–Crippen LogP) is 7.12. The fourth-order valence-electron chi connectivity index (χ4n) is 3.56. The van der Waals surface area contributed by atoms with Crippen LogP contribution in [0.2, 0.25) is 0 Å². The lowest BCUT2D eigenvalue weighted by Crippen LogP contribution is -2.24. The van der Waals surface area contributed by atoms with E-state index in [0.717, 1.165) is 35.8 Å². The first kappa shape index (κ1) is 33.4. The Morgan fingerprint density at radius 3 is 2.26 bits per heavy atom. The van der Waals surface area contributed by atoms with Gasteiger partial charge < -0.3 is 15.6 Å². The zero-order valence-corrected chi connectivity index (χ0v) is 28.8. The van der Waals surface area contributed by atoms with Gasteiger partial charge in [-0.25, -0.2) is 4.98 Å². The van der Waals surface area contributed by atoms with Crippen LogP contribution in [0.25, 0.3) is 10.2 Å². The molecule has 3 aromatic heterocycles. The second-order valence-electron chi connectivity index (χ2n) is 8.49. The van der Waals surface area contributed by atoms with Crippen molar-refractivity contribution in [3.63, 3.8) is 0 Å². The minimum absolute atomic E-state index is 0.495. The van der Waals surface area contributed by atoms with Gasteiger partial charge in [0.15, 0.2) is 8.27 Å². The van der Waals surface area contributed by atoms with E-state index in [1.54, 1.807) is 39.9 Å². The van der Waals surface area contributed by atoms with E-state index in [1.807, 2.05) is 18.2 Å². The summed E-state index contributed by atoms with van der Waals surface area (Å²) in [5, 5.41) is 11.2. The third-order valence-electron chi connectivity index (χ3n) is 5.40. The van der Waals surface area contributed by atoms with Crippen LogP contribution in [-0.4, -0.2) is 49.7 Å². The smallest absolute Gasteiger partial charge is 0.213 e. The Bertz CT molecular complexity index is 1640. The van der Waals surface area contributed by atoms with Crippen LogP contribution in [0.15, 0.2) is 78.2 Å². The molecule has 0 aliphatic carbocycles. The highest BCUT2D eigenvalue weighted by atomic mass is 32.2. The van der Waals surface area contributed by atoms with Crippen molar-refractivity contribution in [3.05, 3.63) is 93.2 Å². The fourth-order valence-corrected chi connectivity index (χ4v) is 7.16. The molecule has 6 heterocycles. The van der Waals surface area contributed by atoms with Gasteiger partial charge in [-0.15, -0.1) is 11.3 Å². The molecule has 3 aliphatic rings. The Kier molecular flexibility index (Phi) is 13.3. The molecule has 8 rings (SSSR count). The second kappa shape index (κ2) is 17.1. The molecule has 0 radical (unpaired) electrons. The number of nitrogens with two attached hydrogens (primary N) is 1. The van der Waals surface area contributed by atoms with E-state index in [2.05, 4.69) is 84.4 Å². The quantitative estimate of drug-likeness (QED) is 0.0553. The number of aromatic nitrogens is 5. The Balaban J connectivity index is 0.000000125. The summed E-state index contributed by atoms with van der Waals surface area (Å²) < 4.78 is 5.86. The van der Waals surface area contributed by atoms with E-state index in [-0.39, 0.29) is 0 Å². The third kappa shape index (κ3) is 11.2. The monoisotopic (exact) mass is 719 g/mol. The Morgan fingerprint density at radius 1 is 0.907 bits per heavy atom. The van der Waals surface area contributed by atoms with Gasteiger partial charge in [-0.3, -0.25) is 21.0 Å². The van der Waals surface area contributed by atoms with Gasteiger partial charge in [0.1, 0.15) is 6.33 Å². The Labute approximate surface area is 287 Å². The summed E-state index contributed by atoms with van der Waals surface area (Å²) in [6.07, 6.45) is 6.94. The molecule has 2 aromatic carbocycles. The average Bonchev–Trinajstić information content (AvgIpc) is 3.81. The molecule has 222 valence electrons. The Hall–Kier alpha value is -2.45. The highest BCUT2D eigenvalue weighted by Gasteiger charge is 2.14. The molecule has 0 spiro atoms. The molecule has 1 saturated heterocycles. The van der Waals surface area contributed by atoms with E-state index < -0.39 is 0 Å². The van der Waals surface area contributed by atoms with E-state index in [0.29, 0.717) is 11.4 Å². The van der Waals surface area contributed by atoms with Crippen molar-refractivity contribution in [2.45, 2.75) is 17.7 Å². The lowest BCUT2D eigenvalue weighted by molar-refractivity contribution is 0.507. The van der Waals surface area contributed by atoms with Gasteiger partial charge >= 0.3 is 0 Å². The summed E-state index contributed by atoms with van der Waals surface area (Å²) in [7, 11) is 0. The van der Waals surface area contributed by atoms with Crippen molar-refractivity contribution in [3.8, 4) is 0 Å². The van der Waals surface area contributed by atoms with Gasteiger partial charge in [0.25, 0.3) is 0 Å².